The van der Waals surface area contributed by atoms with Crippen molar-refractivity contribution < 1.29 is 81.5 Å². The standard InChI is InChI=1S/C26H28F6O3.C13H5BrF6.C13H22O3/c1-2-3-15-13-34-24(35-14-15)16-6-8-25(33,9-7-16)18-4-5-19(20(27)12-18)17-10-21(28)23(22(29)11-17)26(30,31)32;14-7-1-2-8(9(15)5-7)6-3-10(16)12(11(17)4-6)13(18,19)20;1-2-3-10-8-15-13(16-9-10)11-4-6-12(14)7-5-11/h4-5,10-12,15-16,24,33H,2-3,6-9,13-14H2,1H3;1-5H;10-11,13H,2-9H2,1H3. The summed E-state index contributed by atoms with van der Waals surface area (Å²) in [6, 6.07) is 9.23. The lowest BCUT2D eigenvalue weighted by Crippen LogP contribution is -2.41. The fraction of sp³-hybridized carbons (Fsp3) is 0.519. The Morgan fingerprint density at radius 2 is 0.944 bits per heavy atom. The molecule has 0 bridgehead atoms. The third kappa shape index (κ3) is 14.6. The van der Waals surface area contributed by atoms with Crippen LogP contribution in [0.3, 0.4) is 0 Å². The number of alkyl halides is 6. The number of halogens is 13. The number of hydrogen-bond acceptors (Lipinski definition) is 6. The van der Waals surface area contributed by atoms with Crippen molar-refractivity contribution in [1.82, 2.24) is 0 Å². The Bertz CT molecular complexity index is 2370. The van der Waals surface area contributed by atoms with E-state index in [1.54, 1.807) is 0 Å². The Balaban J connectivity index is 0.000000193. The molecule has 8 rings (SSSR count). The van der Waals surface area contributed by atoms with Crippen molar-refractivity contribution in [2.75, 3.05) is 26.4 Å². The molecule has 6 nitrogen and oxygen atoms in total. The molecule has 0 unspecified atom stereocenters. The van der Waals surface area contributed by atoms with Crippen molar-refractivity contribution >= 4 is 21.7 Å². The number of rotatable bonds is 9. The molecular formula is C52H55BrF12O6. The van der Waals surface area contributed by atoms with Gasteiger partial charge < -0.3 is 24.1 Å². The van der Waals surface area contributed by atoms with E-state index in [1.807, 2.05) is 0 Å². The molecule has 390 valence electrons. The summed E-state index contributed by atoms with van der Waals surface area (Å²) in [5.74, 6) is -6.98. The molecule has 71 heavy (non-hydrogen) atoms. The van der Waals surface area contributed by atoms with Gasteiger partial charge in [-0.05, 0) is 111 Å². The quantitative estimate of drug-likeness (QED) is 0.168. The highest BCUT2D eigenvalue weighted by Gasteiger charge is 2.42. The topological polar surface area (TPSA) is 74.2 Å². The average molecular weight is 1080 g/mol. The van der Waals surface area contributed by atoms with Crippen LogP contribution in [0.5, 0.6) is 0 Å². The lowest BCUT2D eigenvalue weighted by atomic mass is 9.74. The van der Waals surface area contributed by atoms with Gasteiger partial charge >= 0.3 is 12.4 Å². The molecule has 4 aliphatic rings. The number of ether oxygens (including phenoxy) is 4. The van der Waals surface area contributed by atoms with Gasteiger partial charge in [0, 0.05) is 52.1 Å². The lowest BCUT2D eigenvalue weighted by molar-refractivity contribution is -0.233. The number of aliphatic hydroxyl groups is 1. The Kier molecular flexibility index (Phi) is 19.3. The minimum atomic E-state index is -5.21. The van der Waals surface area contributed by atoms with Gasteiger partial charge in [0.25, 0.3) is 0 Å². The van der Waals surface area contributed by atoms with Gasteiger partial charge in [-0.25, -0.2) is 26.3 Å². The van der Waals surface area contributed by atoms with E-state index in [1.165, 1.54) is 37.1 Å². The first-order chi connectivity index (χ1) is 33.5. The van der Waals surface area contributed by atoms with Crippen LogP contribution in [0.1, 0.15) is 108 Å². The van der Waals surface area contributed by atoms with Crippen molar-refractivity contribution in [2.45, 2.75) is 121 Å². The van der Waals surface area contributed by atoms with Gasteiger partial charge in [-0.1, -0.05) is 60.8 Å². The number of ketones is 1. The molecule has 2 aliphatic carbocycles. The van der Waals surface area contributed by atoms with Gasteiger partial charge in [-0.2, -0.15) is 26.3 Å². The van der Waals surface area contributed by atoms with E-state index in [4.69, 9.17) is 18.9 Å². The third-order valence-electron chi connectivity index (χ3n) is 13.3. The molecule has 4 fully saturated rings. The summed E-state index contributed by atoms with van der Waals surface area (Å²) in [7, 11) is 0. The fourth-order valence-corrected chi connectivity index (χ4v) is 9.82. The zero-order valence-corrected chi connectivity index (χ0v) is 40.5. The monoisotopic (exact) mass is 1080 g/mol. The average Bonchev–Trinajstić information content (AvgIpc) is 3.29. The number of carbonyl (C=O) groups is 1. The van der Waals surface area contributed by atoms with Crippen LogP contribution in [0, 0.1) is 58.6 Å². The minimum Gasteiger partial charge on any atom is -0.385 e. The molecule has 0 radical (unpaired) electrons. The van der Waals surface area contributed by atoms with E-state index in [9.17, 15) is 62.6 Å². The molecular weight excluding hydrogens is 1030 g/mol. The van der Waals surface area contributed by atoms with Crippen LogP contribution in [0.4, 0.5) is 52.7 Å². The highest BCUT2D eigenvalue weighted by molar-refractivity contribution is 9.10. The normalized spacial score (nSPS) is 24.4. The molecule has 1 N–H and O–H groups in total. The number of carbonyl (C=O) groups excluding carboxylic acids is 1. The summed E-state index contributed by atoms with van der Waals surface area (Å²) < 4.78 is 183. The number of benzene rings is 4. The second-order valence-electron chi connectivity index (χ2n) is 18.6. The van der Waals surface area contributed by atoms with Gasteiger partial charge in [-0.3, -0.25) is 4.79 Å². The molecule has 0 aromatic heterocycles. The summed E-state index contributed by atoms with van der Waals surface area (Å²) >= 11 is 3.00. The van der Waals surface area contributed by atoms with Crippen molar-refractivity contribution in [2.24, 2.45) is 23.7 Å². The minimum absolute atomic E-state index is 0.0405. The summed E-state index contributed by atoms with van der Waals surface area (Å²) in [5, 5.41) is 11.2. The van der Waals surface area contributed by atoms with Gasteiger partial charge in [-0.15, -0.1) is 0 Å². The number of hydrogen-bond donors (Lipinski definition) is 1. The van der Waals surface area contributed by atoms with Crippen molar-refractivity contribution in [1.29, 1.82) is 0 Å². The first-order valence-electron chi connectivity index (χ1n) is 23.6. The fourth-order valence-electron chi connectivity index (χ4n) is 9.48. The predicted molar refractivity (Wildman–Crippen MR) is 242 cm³/mol. The van der Waals surface area contributed by atoms with E-state index in [0.29, 0.717) is 110 Å². The molecule has 2 saturated carbocycles. The van der Waals surface area contributed by atoms with Crippen molar-refractivity contribution in [3.05, 3.63) is 117 Å². The molecule has 0 atom stereocenters. The Labute approximate surface area is 412 Å². The SMILES string of the molecule is CCCC1COC(C2CCC(=O)CC2)OC1.CCCC1COC(C2CCC(O)(c3ccc(-c4cc(F)c(C(F)(F)F)c(F)c4)c(F)c3)CC2)OC1.Fc1cc(Br)ccc1-c1cc(F)c(C(F)(F)F)c(F)c1. The van der Waals surface area contributed by atoms with Crippen LogP contribution in [0.25, 0.3) is 22.3 Å². The van der Waals surface area contributed by atoms with Crippen LogP contribution in [0.2, 0.25) is 0 Å². The molecule has 2 aliphatic heterocycles. The van der Waals surface area contributed by atoms with Crippen molar-refractivity contribution in [3.63, 3.8) is 0 Å². The smallest absolute Gasteiger partial charge is 0.385 e. The van der Waals surface area contributed by atoms with Crippen LogP contribution in [-0.2, 0) is 41.7 Å². The Morgan fingerprint density at radius 3 is 1.31 bits per heavy atom. The molecule has 0 amide bonds. The highest BCUT2D eigenvalue weighted by Crippen LogP contribution is 2.44. The lowest BCUT2D eigenvalue weighted by Gasteiger charge is -2.41. The zero-order chi connectivity index (χ0) is 51.8. The third-order valence-corrected chi connectivity index (χ3v) is 13.8. The van der Waals surface area contributed by atoms with Crippen molar-refractivity contribution in [3.8, 4) is 22.3 Å². The second-order valence-corrected chi connectivity index (χ2v) is 19.5. The molecule has 2 heterocycles. The maximum atomic E-state index is 14.9. The zero-order valence-electron chi connectivity index (χ0n) is 39.0. The first kappa shape index (κ1) is 56.3. The van der Waals surface area contributed by atoms with Gasteiger partial charge in [0.1, 0.15) is 51.8 Å². The van der Waals surface area contributed by atoms with Crippen LogP contribution < -0.4 is 0 Å². The second kappa shape index (κ2) is 24.3. The summed E-state index contributed by atoms with van der Waals surface area (Å²) in [6.45, 7) is 7.28. The summed E-state index contributed by atoms with van der Waals surface area (Å²) in [5.41, 5.74) is -6.12. The molecule has 19 heteroatoms. The van der Waals surface area contributed by atoms with Crippen LogP contribution in [0.15, 0.2) is 65.1 Å². The predicted octanol–water partition coefficient (Wildman–Crippen LogP) is 15.0. The van der Waals surface area contributed by atoms with Crippen LogP contribution in [-0.4, -0.2) is 49.9 Å². The van der Waals surface area contributed by atoms with Gasteiger partial charge in [0.05, 0.1) is 32.0 Å². The van der Waals surface area contributed by atoms with E-state index in [2.05, 4.69) is 29.8 Å². The van der Waals surface area contributed by atoms with Crippen LogP contribution >= 0.6 is 15.9 Å². The van der Waals surface area contributed by atoms with E-state index in [-0.39, 0.29) is 40.8 Å². The largest absolute Gasteiger partial charge is 0.422 e. The van der Waals surface area contributed by atoms with Gasteiger partial charge in [0.15, 0.2) is 12.6 Å². The van der Waals surface area contributed by atoms with E-state index >= 15 is 0 Å². The van der Waals surface area contributed by atoms with E-state index in [0.717, 1.165) is 51.0 Å². The molecule has 0 spiro atoms. The molecule has 4 aromatic rings. The highest BCUT2D eigenvalue weighted by atomic mass is 79.9. The first-order valence-corrected chi connectivity index (χ1v) is 24.4. The Morgan fingerprint density at radius 1 is 0.563 bits per heavy atom. The molecule has 4 aromatic carbocycles. The summed E-state index contributed by atoms with van der Waals surface area (Å²) in [4.78, 5) is 11.1. The maximum Gasteiger partial charge on any atom is 0.422 e. The van der Waals surface area contributed by atoms with E-state index < -0.39 is 64.0 Å². The Hall–Kier alpha value is -4.01. The summed E-state index contributed by atoms with van der Waals surface area (Å²) in [6.07, 6.45) is -0.982. The number of Topliss-reactive ketones (excluding diaryl/α,β-unsaturated/α-hetero) is 1. The van der Waals surface area contributed by atoms with Gasteiger partial charge in [0.2, 0.25) is 0 Å². The molecule has 2 saturated heterocycles. The maximum absolute atomic E-state index is 14.9.